The fourth-order valence-electron chi connectivity index (χ4n) is 1.61. The van der Waals surface area contributed by atoms with Crippen molar-refractivity contribution in [2.75, 3.05) is 20.3 Å². The van der Waals surface area contributed by atoms with Crippen molar-refractivity contribution in [3.8, 4) is 0 Å². The number of aliphatic hydroxyl groups excluding tert-OH is 1. The second kappa shape index (κ2) is 7.20. The minimum absolute atomic E-state index is 0.224. The lowest BCUT2D eigenvalue weighted by molar-refractivity contribution is 0.193. The van der Waals surface area contributed by atoms with Gasteiger partial charge in [0.15, 0.2) is 0 Å². The molecule has 0 atom stereocenters. The SMILES string of the molecule is COCCCCNS(=O)(=O)c1c(C)csc1CO. The van der Waals surface area contributed by atoms with Gasteiger partial charge in [0.1, 0.15) is 4.90 Å². The van der Waals surface area contributed by atoms with Crippen LogP contribution >= 0.6 is 11.3 Å². The van der Waals surface area contributed by atoms with Crippen LogP contribution in [0.3, 0.4) is 0 Å². The first kappa shape index (κ1) is 15.6. The molecule has 2 N–H and O–H groups in total. The fourth-order valence-corrected chi connectivity index (χ4v) is 4.34. The van der Waals surface area contributed by atoms with Crippen LogP contribution < -0.4 is 4.72 Å². The molecule has 0 unspecified atom stereocenters. The molecule has 0 aliphatic rings. The van der Waals surface area contributed by atoms with Crippen LogP contribution in [0.1, 0.15) is 23.3 Å². The molecular weight excluding hydrogens is 274 g/mol. The maximum atomic E-state index is 12.1. The summed E-state index contributed by atoms with van der Waals surface area (Å²) in [5.74, 6) is 0. The van der Waals surface area contributed by atoms with E-state index in [1.54, 1.807) is 19.4 Å². The van der Waals surface area contributed by atoms with Crippen molar-refractivity contribution in [2.24, 2.45) is 0 Å². The summed E-state index contributed by atoms with van der Waals surface area (Å²) in [7, 11) is -1.90. The standard InChI is InChI=1S/C11H19NO4S2/c1-9-8-17-10(7-13)11(9)18(14,15)12-5-3-4-6-16-2/h8,12-13H,3-7H2,1-2H3. The van der Waals surface area contributed by atoms with Gasteiger partial charge in [0, 0.05) is 20.3 Å². The second-order valence-electron chi connectivity index (χ2n) is 3.93. The van der Waals surface area contributed by atoms with Crippen LogP contribution in [0.4, 0.5) is 0 Å². The molecule has 0 spiro atoms. The highest BCUT2D eigenvalue weighted by Crippen LogP contribution is 2.26. The molecule has 1 rings (SSSR count). The third-order valence-corrected chi connectivity index (χ3v) is 5.38. The van der Waals surface area contributed by atoms with E-state index in [4.69, 9.17) is 9.84 Å². The Morgan fingerprint density at radius 3 is 2.78 bits per heavy atom. The number of hydrogen-bond acceptors (Lipinski definition) is 5. The zero-order chi connectivity index (χ0) is 13.6. The Bertz CT molecular complexity index is 467. The molecule has 0 aromatic carbocycles. The molecule has 18 heavy (non-hydrogen) atoms. The molecule has 0 radical (unpaired) electrons. The molecule has 0 bridgehead atoms. The van der Waals surface area contributed by atoms with E-state index in [9.17, 15) is 8.42 Å². The van der Waals surface area contributed by atoms with Crippen molar-refractivity contribution >= 4 is 21.4 Å². The maximum absolute atomic E-state index is 12.1. The summed E-state index contributed by atoms with van der Waals surface area (Å²) in [6, 6.07) is 0. The van der Waals surface area contributed by atoms with E-state index in [1.165, 1.54) is 11.3 Å². The Morgan fingerprint density at radius 1 is 1.44 bits per heavy atom. The average Bonchev–Trinajstić information content (AvgIpc) is 2.71. The van der Waals surface area contributed by atoms with Crippen molar-refractivity contribution in [3.63, 3.8) is 0 Å². The summed E-state index contributed by atoms with van der Waals surface area (Å²) in [4.78, 5) is 0.707. The number of aliphatic hydroxyl groups is 1. The van der Waals surface area contributed by atoms with E-state index in [0.717, 1.165) is 12.8 Å². The summed E-state index contributed by atoms with van der Waals surface area (Å²) < 4.78 is 31.6. The minimum atomic E-state index is -3.52. The second-order valence-corrected chi connectivity index (χ2v) is 6.59. The number of unbranched alkanes of at least 4 members (excludes halogenated alkanes) is 1. The van der Waals surface area contributed by atoms with Gasteiger partial charge in [0.25, 0.3) is 0 Å². The number of sulfonamides is 1. The molecular formula is C11H19NO4S2. The molecule has 5 nitrogen and oxygen atoms in total. The van der Waals surface area contributed by atoms with E-state index in [-0.39, 0.29) is 11.5 Å². The molecule has 0 amide bonds. The topological polar surface area (TPSA) is 75.6 Å². The lowest BCUT2D eigenvalue weighted by atomic mass is 10.3. The molecule has 0 aliphatic carbocycles. The van der Waals surface area contributed by atoms with Gasteiger partial charge in [-0.15, -0.1) is 11.3 Å². The minimum Gasteiger partial charge on any atom is -0.391 e. The largest absolute Gasteiger partial charge is 0.391 e. The van der Waals surface area contributed by atoms with Crippen LogP contribution in [0.5, 0.6) is 0 Å². The third-order valence-electron chi connectivity index (χ3n) is 2.47. The van der Waals surface area contributed by atoms with Gasteiger partial charge >= 0.3 is 0 Å². The van der Waals surface area contributed by atoms with Crippen molar-refractivity contribution in [1.29, 1.82) is 0 Å². The molecule has 7 heteroatoms. The van der Waals surface area contributed by atoms with Crippen molar-refractivity contribution in [3.05, 3.63) is 15.8 Å². The van der Waals surface area contributed by atoms with Gasteiger partial charge in [0.05, 0.1) is 11.5 Å². The Kier molecular flexibility index (Phi) is 6.24. The predicted molar refractivity (Wildman–Crippen MR) is 71.3 cm³/mol. The fraction of sp³-hybridized carbons (Fsp3) is 0.636. The Morgan fingerprint density at radius 2 is 2.17 bits per heavy atom. The van der Waals surface area contributed by atoms with E-state index >= 15 is 0 Å². The molecule has 0 saturated carbocycles. The smallest absolute Gasteiger partial charge is 0.242 e. The summed E-state index contributed by atoms with van der Waals surface area (Å²) >= 11 is 1.26. The highest BCUT2D eigenvalue weighted by Gasteiger charge is 2.21. The molecule has 1 aromatic heterocycles. The van der Waals surface area contributed by atoms with Crippen LogP contribution in [0.15, 0.2) is 10.3 Å². The normalized spacial score (nSPS) is 11.9. The number of aryl methyl sites for hydroxylation is 1. The maximum Gasteiger partial charge on any atom is 0.242 e. The zero-order valence-corrected chi connectivity index (χ0v) is 12.2. The van der Waals surface area contributed by atoms with Crippen LogP contribution in [0.25, 0.3) is 0 Å². The van der Waals surface area contributed by atoms with E-state index in [2.05, 4.69) is 4.72 Å². The van der Waals surface area contributed by atoms with Crippen molar-refractivity contribution in [1.82, 2.24) is 4.72 Å². The Labute approximate surface area is 112 Å². The van der Waals surface area contributed by atoms with Crippen LogP contribution in [0, 0.1) is 6.92 Å². The monoisotopic (exact) mass is 293 g/mol. The first-order valence-electron chi connectivity index (χ1n) is 5.69. The Hall–Kier alpha value is -0.470. The lowest BCUT2D eigenvalue weighted by Gasteiger charge is -2.08. The lowest BCUT2D eigenvalue weighted by Crippen LogP contribution is -2.26. The highest BCUT2D eigenvalue weighted by atomic mass is 32.2. The van der Waals surface area contributed by atoms with E-state index in [1.807, 2.05) is 0 Å². The van der Waals surface area contributed by atoms with Gasteiger partial charge in [0.2, 0.25) is 10.0 Å². The zero-order valence-electron chi connectivity index (χ0n) is 10.6. The van der Waals surface area contributed by atoms with Crippen molar-refractivity contribution < 1.29 is 18.3 Å². The van der Waals surface area contributed by atoms with Crippen LogP contribution in [0.2, 0.25) is 0 Å². The summed E-state index contributed by atoms with van der Waals surface area (Å²) in [6.45, 7) is 2.49. The number of nitrogens with one attached hydrogen (secondary N) is 1. The van der Waals surface area contributed by atoms with Crippen LogP contribution in [-0.2, 0) is 21.4 Å². The van der Waals surface area contributed by atoms with Gasteiger partial charge in [-0.3, -0.25) is 0 Å². The quantitative estimate of drug-likeness (QED) is 0.707. The number of rotatable bonds is 8. The van der Waals surface area contributed by atoms with E-state index < -0.39 is 10.0 Å². The molecule has 1 aromatic rings. The highest BCUT2D eigenvalue weighted by molar-refractivity contribution is 7.89. The molecule has 104 valence electrons. The summed E-state index contributed by atoms with van der Waals surface area (Å²) in [5, 5.41) is 10.9. The molecule has 0 saturated heterocycles. The predicted octanol–water partition coefficient (Wildman–Crippen LogP) is 1.25. The van der Waals surface area contributed by atoms with Gasteiger partial charge in [-0.1, -0.05) is 0 Å². The van der Waals surface area contributed by atoms with Crippen molar-refractivity contribution in [2.45, 2.75) is 31.3 Å². The van der Waals surface area contributed by atoms with Gasteiger partial charge < -0.3 is 9.84 Å². The number of ether oxygens (including phenoxy) is 1. The third kappa shape index (κ3) is 4.03. The molecule has 0 aliphatic heterocycles. The van der Waals surface area contributed by atoms with Gasteiger partial charge in [-0.05, 0) is 30.7 Å². The molecule has 0 fully saturated rings. The number of methoxy groups -OCH3 is 1. The summed E-state index contributed by atoms with van der Waals surface area (Å²) in [5.41, 5.74) is 0.674. The number of hydrogen-bond donors (Lipinski definition) is 2. The van der Waals surface area contributed by atoms with Gasteiger partial charge in [-0.25, -0.2) is 13.1 Å². The first-order chi connectivity index (χ1) is 8.53. The first-order valence-corrected chi connectivity index (χ1v) is 8.05. The molecule has 1 heterocycles. The van der Waals surface area contributed by atoms with Crippen LogP contribution in [-0.4, -0.2) is 33.8 Å². The van der Waals surface area contributed by atoms with Gasteiger partial charge in [-0.2, -0.15) is 0 Å². The Balaban J connectivity index is 2.65. The van der Waals surface area contributed by atoms with E-state index in [0.29, 0.717) is 23.6 Å². The number of thiophene rings is 1. The average molecular weight is 293 g/mol. The summed E-state index contributed by atoms with van der Waals surface area (Å²) in [6.07, 6.45) is 1.54.